The normalized spacial score (nSPS) is 10.1. The van der Waals surface area contributed by atoms with E-state index in [-0.39, 0.29) is 13.2 Å². The maximum absolute atomic E-state index is 12.0. The average molecular weight is 469 g/mol. The molecule has 0 unspecified atom stereocenters. The van der Waals surface area contributed by atoms with Gasteiger partial charge in [0.25, 0.3) is 11.8 Å². The summed E-state index contributed by atoms with van der Waals surface area (Å²) in [6.07, 6.45) is 0. The number of esters is 1. The van der Waals surface area contributed by atoms with E-state index in [1.165, 1.54) is 0 Å². The Morgan fingerprint density at radius 2 is 1.45 bits per heavy atom. The number of amides is 2. The van der Waals surface area contributed by atoms with Crippen molar-refractivity contribution in [1.82, 2.24) is 5.32 Å². The monoisotopic (exact) mass is 468 g/mol. The number of nitrogens with one attached hydrogen (secondary N) is 2. The first-order valence-corrected chi connectivity index (χ1v) is 10.3. The molecule has 0 aromatic heterocycles. The van der Waals surface area contributed by atoms with Crippen molar-refractivity contribution < 1.29 is 28.6 Å². The molecule has 0 aliphatic heterocycles. The van der Waals surface area contributed by atoms with Gasteiger partial charge in [-0.3, -0.25) is 14.4 Å². The third kappa shape index (κ3) is 8.19. The predicted octanol–water partition coefficient (Wildman–Crippen LogP) is 3.81. The first kappa shape index (κ1) is 23.6. The topological polar surface area (TPSA) is 103 Å². The number of hydrogen-bond donors (Lipinski definition) is 2. The number of rotatable bonds is 10. The Balaban J connectivity index is 1.34. The molecular formula is C24H21ClN2O6. The van der Waals surface area contributed by atoms with E-state index >= 15 is 0 Å². The molecule has 0 bridgehead atoms. The third-order valence-electron chi connectivity index (χ3n) is 4.11. The lowest BCUT2D eigenvalue weighted by molar-refractivity contribution is -0.147. The number of para-hydroxylation sites is 2. The first-order valence-electron chi connectivity index (χ1n) is 9.92. The molecule has 0 fully saturated rings. The highest BCUT2D eigenvalue weighted by molar-refractivity contribution is 6.32. The van der Waals surface area contributed by atoms with Gasteiger partial charge in [0.1, 0.15) is 23.8 Å². The van der Waals surface area contributed by atoms with Crippen LogP contribution in [-0.4, -0.2) is 37.5 Å². The second-order valence-corrected chi connectivity index (χ2v) is 7.05. The van der Waals surface area contributed by atoms with Crippen molar-refractivity contribution in [3.8, 4) is 17.2 Å². The summed E-state index contributed by atoms with van der Waals surface area (Å²) >= 11 is 6.06. The van der Waals surface area contributed by atoms with Gasteiger partial charge in [-0.05, 0) is 48.5 Å². The lowest BCUT2D eigenvalue weighted by Gasteiger charge is -2.10. The van der Waals surface area contributed by atoms with Crippen molar-refractivity contribution in [2.24, 2.45) is 0 Å². The van der Waals surface area contributed by atoms with E-state index in [9.17, 15) is 14.4 Å². The third-order valence-corrected chi connectivity index (χ3v) is 4.42. The molecule has 3 aromatic carbocycles. The first-order chi connectivity index (χ1) is 16.0. The van der Waals surface area contributed by atoms with Crippen molar-refractivity contribution in [3.05, 3.63) is 83.9 Å². The fraction of sp³-hybridized carbons (Fsp3) is 0.125. The Morgan fingerprint density at radius 3 is 2.18 bits per heavy atom. The van der Waals surface area contributed by atoms with E-state index in [1.807, 2.05) is 6.07 Å². The van der Waals surface area contributed by atoms with E-state index in [1.54, 1.807) is 72.8 Å². The Kier molecular flexibility index (Phi) is 8.67. The summed E-state index contributed by atoms with van der Waals surface area (Å²) in [6.45, 7) is -1.11. The highest BCUT2D eigenvalue weighted by Gasteiger charge is 2.11. The summed E-state index contributed by atoms with van der Waals surface area (Å²) in [5.41, 5.74) is 0.494. The summed E-state index contributed by atoms with van der Waals surface area (Å²) in [7, 11) is 0. The molecule has 0 saturated heterocycles. The van der Waals surface area contributed by atoms with Gasteiger partial charge < -0.3 is 24.8 Å². The van der Waals surface area contributed by atoms with Crippen LogP contribution in [0.3, 0.4) is 0 Å². The van der Waals surface area contributed by atoms with Crippen LogP contribution >= 0.6 is 11.6 Å². The van der Waals surface area contributed by atoms with Crippen molar-refractivity contribution in [2.75, 3.05) is 25.1 Å². The Labute approximate surface area is 195 Å². The van der Waals surface area contributed by atoms with Crippen LogP contribution in [0.5, 0.6) is 17.2 Å². The molecule has 3 rings (SSSR count). The molecule has 0 saturated carbocycles. The van der Waals surface area contributed by atoms with Gasteiger partial charge in [-0.15, -0.1) is 0 Å². The summed E-state index contributed by atoms with van der Waals surface area (Å²) in [4.78, 5) is 35.5. The van der Waals surface area contributed by atoms with Crippen molar-refractivity contribution in [3.63, 3.8) is 0 Å². The molecular weight excluding hydrogens is 448 g/mol. The van der Waals surface area contributed by atoms with E-state index in [2.05, 4.69) is 10.6 Å². The maximum atomic E-state index is 12.0. The summed E-state index contributed by atoms with van der Waals surface area (Å²) in [6, 6.07) is 22.5. The van der Waals surface area contributed by atoms with E-state index in [0.29, 0.717) is 28.0 Å². The molecule has 3 aromatic rings. The quantitative estimate of drug-likeness (QED) is 0.439. The van der Waals surface area contributed by atoms with Crippen LogP contribution in [0.4, 0.5) is 5.69 Å². The summed E-state index contributed by atoms with van der Waals surface area (Å²) < 4.78 is 15.8. The zero-order valence-corrected chi connectivity index (χ0v) is 18.2. The molecule has 0 aliphatic rings. The smallest absolute Gasteiger partial charge is 0.325 e. The van der Waals surface area contributed by atoms with Gasteiger partial charge >= 0.3 is 5.97 Å². The van der Waals surface area contributed by atoms with Crippen LogP contribution in [0.1, 0.15) is 0 Å². The fourth-order valence-electron chi connectivity index (χ4n) is 2.54. The molecule has 170 valence electrons. The van der Waals surface area contributed by atoms with Crippen LogP contribution in [0.25, 0.3) is 0 Å². The Hall–Kier alpha value is -4.04. The number of anilines is 1. The number of carbonyl (C=O) groups is 3. The summed E-state index contributed by atoms with van der Waals surface area (Å²) in [5.74, 6) is -0.167. The van der Waals surface area contributed by atoms with Gasteiger partial charge in [0.05, 0.1) is 5.02 Å². The standard InChI is InChI=1S/C24H21ClN2O6/c25-20-8-4-5-9-21(20)33-19-12-10-17(11-13-19)27-23(29)16-32-24(30)14-26-22(28)15-31-18-6-2-1-3-7-18/h1-13H,14-16H2,(H,26,28)(H,27,29). The second-order valence-electron chi connectivity index (χ2n) is 6.64. The van der Waals surface area contributed by atoms with E-state index < -0.39 is 24.4 Å². The van der Waals surface area contributed by atoms with Crippen molar-refractivity contribution >= 4 is 35.1 Å². The van der Waals surface area contributed by atoms with Gasteiger partial charge in [0.2, 0.25) is 0 Å². The number of halogens is 1. The highest BCUT2D eigenvalue weighted by Crippen LogP contribution is 2.29. The molecule has 0 atom stereocenters. The molecule has 0 spiro atoms. The Bertz CT molecular complexity index is 1090. The second kappa shape index (κ2) is 12.1. The van der Waals surface area contributed by atoms with Gasteiger partial charge in [-0.1, -0.05) is 41.9 Å². The SMILES string of the molecule is O=C(COc1ccccc1)NCC(=O)OCC(=O)Nc1ccc(Oc2ccccc2Cl)cc1. The highest BCUT2D eigenvalue weighted by atomic mass is 35.5. The number of carbonyl (C=O) groups excluding carboxylic acids is 3. The van der Waals surface area contributed by atoms with Gasteiger partial charge in [0, 0.05) is 5.69 Å². The minimum Gasteiger partial charge on any atom is -0.484 e. The lowest BCUT2D eigenvalue weighted by Crippen LogP contribution is -2.35. The van der Waals surface area contributed by atoms with Crippen LogP contribution in [0.2, 0.25) is 5.02 Å². The van der Waals surface area contributed by atoms with Crippen LogP contribution in [0, 0.1) is 0 Å². The van der Waals surface area contributed by atoms with Crippen LogP contribution in [-0.2, 0) is 19.1 Å². The zero-order chi connectivity index (χ0) is 23.5. The summed E-state index contributed by atoms with van der Waals surface area (Å²) in [5, 5.41) is 5.44. The molecule has 0 heterocycles. The van der Waals surface area contributed by atoms with E-state index in [0.717, 1.165) is 0 Å². The number of hydrogen-bond acceptors (Lipinski definition) is 6. The molecule has 33 heavy (non-hydrogen) atoms. The molecule has 0 radical (unpaired) electrons. The van der Waals surface area contributed by atoms with Crippen molar-refractivity contribution in [2.45, 2.75) is 0 Å². The van der Waals surface area contributed by atoms with Crippen LogP contribution < -0.4 is 20.1 Å². The zero-order valence-electron chi connectivity index (χ0n) is 17.5. The van der Waals surface area contributed by atoms with Gasteiger partial charge in [-0.25, -0.2) is 0 Å². The predicted molar refractivity (Wildman–Crippen MR) is 123 cm³/mol. The maximum Gasteiger partial charge on any atom is 0.325 e. The average Bonchev–Trinajstić information content (AvgIpc) is 2.83. The van der Waals surface area contributed by atoms with Crippen molar-refractivity contribution in [1.29, 1.82) is 0 Å². The molecule has 2 amide bonds. The molecule has 9 heteroatoms. The molecule has 0 aliphatic carbocycles. The van der Waals surface area contributed by atoms with Gasteiger partial charge in [0.15, 0.2) is 13.2 Å². The minimum atomic E-state index is -0.748. The van der Waals surface area contributed by atoms with Gasteiger partial charge in [-0.2, -0.15) is 0 Å². The molecule has 8 nitrogen and oxygen atoms in total. The minimum absolute atomic E-state index is 0.242. The number of benzene rings is 3. The largest absolute Gasteiger partial charge is 0.484 e. The lowest BCUT2D eigenvalue weighted by atomic mass is 10.3. The molecule has 2 N–H and O–H groups in total. The Morgan fingerprint density at radius 1 is 0.758 bits per heavy atom. The fourth-order valence-corrected chi connectivity index (χ4v) is 2.72. The van der Waals surface area contributed by atoms with Crippen LogP contribution in [0.15, 0.2) is 78.9 Å². The number of ether oxygens (including phenoxy) is 3. The van der Waals surface area contributed by atoms with E-state index in [4.69, 9.17) is 25.8 Å².